The van der Waals surface area contributed by atoms with E-state index in [-0.39, 0.29) is 11.9 Å². The fraction of sp³-hybridized carbons (Fsp3) is 0.500. The number of nitrogens with zero attached hydrogens (tertiary/aromatic N) is 1. The second-order valence-electron chi connectivity index (χ2n) is 4.77. The van der Waals surface area contributed by atoms with E-state index in [0.717, 1.165) is 12.0 Å². The monoisotopic (exact) mass is 283 g/mol. The molecule has 106 valence electrons. The third-order valence-corrected chi connectivity index (χ3v) is 4.36. The second kappa shape index (κ2) is 6.19. The first kappa shape index (κ1) is 15.7. The van der Waals surface area contributed by atoms with Crippen molar-refractivity contribution in [2.75, 3.05) is 13.3 Å². The largest absolute Gasteiger partial charge is 0.339 e. The van der Waals surface area contributed by atoms with Crippen molar-refractivity contribution in [2.24, 2.45) is 0 Å². The Kier molecular flexibility index (Phi) is 5.11. The highest BCUT2D eigenvalue weighted by molar-refractivity contribution is 7.90. The molecule has 4 nitrogen and oxygen atoms in total. The smallest absolute Gasteiger partial charge is 0.222 e. The molecule has 0 fully saturated rings. The van der Waals surface area contributed by atoms with E-state index in [2.05, 4.69) is 0 Å². The third-order valence-electron chi connectivity index (χ3n) is 3.23. The summed E-state index contributed by atoms with van der Waals surface area (Å²) in [7, 11) is -1.40. The van der Waals surface area contributed by atoms with Gasteiger partial charge in [-0.3, -0.25) is 4.79 Å². The van der Waals surface area contributed by atoms with E-state index in [4.69, 9.17) is 0 Å². The first-order chi connectivity index (χ1) is 8.77. The van der Waals surface area contributed by atoms with Crippen LogP contribution in [-0.2, 0) is 14.6 Å². The Hall–Kier alpha value is -1.36. The lowest BCUT2D eigenvalue weighted by Gasteiger charge is -2.25. The van der Waals surface area contributed by atoms with Gasteiger partial charge in [0.15, 0.2) is 9.84 Å². The van der Waals surface area contributed by atoms with Gasteiger partial charge in [-0.15, -0.1) is 0 Å². The summed E-state index contributed by atoms with van der Waals surface area (Å²) >= 11 is 0. The molecule has 1 rings (SSSR count). The predicted molar refractivity (Wildman–Crippen MR) is 75.6 cm³/mol. The predicted octanol–water partition coefficient (Wildman–Crippen LogP) is 2.41. The van der Waals surface area contributed by atoms with Crippen LogP contribution in [0.2, 0.25) is 0 Å². The maximum atomic E-state index is 11.8. The molecule has 0 radical (unpaired) electrons. The molecule has 0 bridgehead atoms. The SMILES string of the molecule is CCCC(=O)N(C)C(C)c1ccc(S(C)(=O)=O)cc1. The van der Waals surface area contributed by atoms with E-state index >= 15 is 0 Å². The van der Waals surface area contributed by atoms with Crippen molar-refractivity contribution in [3.63, 3.8) is 0 Å². The van der Waals surface area contributed by atoms with Crippen LogP contribution in [-0.4, -0.2) is 32.5 Å². The summed E-state index contributed by atoms with van der Waals surface area (Å²) in [5, 5.41) is 0. The first-order valence-corrected chi connectivity index (χ1v) is 8.22. The van der Waals surface area contributed by atoms with Gasteiger partial charge in [0.05, 0.1) is 10.9 Å². The van der Waals surface area contributed by atoms with Crippen molar-refractivity contribution < 1.29 is 13.2 Å². The van der Waals surface area contributed by atoms with E-state index in [9.17, 15) is 13.2 Å². The fourth-order valence-electron chi connectivity index (χ4n) is 1.82. The minimum atomic E-state index is -3.17. The van der Waals surface area contributed by atoms with Gasteiger partial charge in [-0.25, -0.2) is 8.42 Å². The molecule has 0 aromatic heterocycles. The van der Waals surface area contributed by atoms with Crippen LogP contribution in [0.1, 0.15) is 38.3 Å². The standard InChI is InChI=1S/C14H21NO3S/c1-5-6-14(16)15(3)11(2)12-7-9-13(10-8-12)19(4,17)18/h7-11H,5-6H2,1-4H3. The Bertz CT molecular complexity index is 534. The Morgan fingerprint density at radius 1 is 1.26 bits per heavy atom. The van der Waals surface area contributed by atoms with Crippen molar-refractivity contribution in [3.8, 4) is 0 Å². The van der Waals surface area contributed by atoms with Gasteiger partial charge in [0, 0.05) is 19.7 Å². The van der Waals surface area contributed by atoms with Crippen molar-refractivity contribution >= 4 is 15.7 Å². The van der Waals surface area contributed by atoms with Crippen LogP contribution in [0.25, 0.3) is 0 Å². The number of hydrogen-bond donors (Lipinski definition) is 0. The van der Waals surface area contributed by atoms with Gasteiger partial charge in [-0.2, -0.15) is 0 Å². The molecule has 0 aliphatic heterocycles. The maximum absolute atomic E-state index is 11.8. The molecule has 1 aromatic rings. The topological polar surface area (TPSA) is 54.5 Å². The lowest BCUT2D eigenvalue weighted by Crippen LogP contribution is -2.29. The van der Waals surface area contributed by atoms with Gasteiger partial charge >= 0.3 is 0 Å². The number of rotatable bonds is 5. The summed E-state index contributed by atoms with van der Waals surface area (Å²) in [5.74, 6) is 0.0992. The fourth-order valence-corrected chi connectivity index (χ4v) is 2.45. The lowest BCUT2D eigenvalue weighted by atomic mass is 10.1. The molecule has 0 spiro atoms. The van der Waals surface area contributed by atoms with E-state index in [1.807, 2.05) is 13.8 Å². The average molecular weight is 283 g/mol. The normalized spacial score (nSPS) is 13.1. The zero-order chi connectivity index (χ0) is 14.6. The molecular weight excluding hydrogens is 262 g/mol. The number of sulfone groups is 1. The Morgan fingerprint density at radius 2 is 1.79 bits per heavy atom. The van der Waals surface area contributed by atoms with Crippen LogP contribution in [0, 0.1) is 0 Å². The zero-order valence-electron chi connectivity index (χ0n) is 11.9. The highest BCUT2D eigenvalue weighted by atomic mass is 32.2. The van der Waals surface area contributed by atoms with Gasteiger partial charge in [-0.05, 0) is 31.0 Å². The molecule has 0 aliphatic carbocycles. The zero-order valence-corrected chi connectivity index (χ0v) is 12.7. The minimum Gasteiger partial charge on any atom is -0.339 e. The minimum absolute atomic E-state index is 0.0624. The summed E-state index contributed by atoms with van der Waals surface area (Å²) in [6.07, 6.45) is 2.54. The Morgan fingerprint density at radius 3 is 2.21 bits per heavy atom. The van der Waals surface area contributed by atoms with Crippen molar-refractivity contribution in [1.29, 1.82) is 0 Å². The summed E-state index contributed by atoms with van der Waals surface area (Å²) < 4.78 is 22.8. The molecule has 1 amide bonds. The van der Waals surface area contributed by atoms with Crippen LogP contribution >= 0.6 is 0 Å². The average Bonchev–Trinajstić information content (AvgIpc) is 2.36. The third kappa shape index (κ3) is 4.06. The number of hydrogen-bond acceptors (Lipinski definition) is 3. The molecular formula is C14H21NO3S. The van der Waals surface area contributed by atoms with Crippen molar-refractivity contribution in [2.45, 2.75) is 37.6 Å². The number of benzene rings is 1. The van der Waals surface area contributed by atoms with Gasteiger partial charge < -0.3 is 4.90 Å². The number of amides is 1. The highest BCUT2D eigenvalue weighted by Gasteiger charge is 2.17. The van der Waals surface area contributed by atoms with Gasteiger partial charge in [-0.1, -0.05) is 19.1 Å². The molecule has 0 N–H and O–H groups in total. The number of carbonyl (C=O) groups is 1. The Balaban J connectivity index is 2.89. The summed E-state index contributed by atoms with van der Waals surface area (Å²) in [5.41, 5.74) is 0.930. The first-order valence-electron chi connectivity index (χ1n) is 6.33. The molecule has 1 atom stereocenters. The van der Waals surface area contributed by atoms with Crippen molar-refractivity contribution in [3.05, 3.63) is 29.8 Å². The van der Waals surface area contributed by atoms with Gasteiger partial charge in [0.2, 0.25) is 5.91 Å². The molecule has 5 heteroatoms. The van der Waals surface area contributed by atoms with Crippen LogP contribution < -0.4 is 0 Å². The molecule has 1 aromatic carbocycles. The second-order valence-corrected chi connectivity index (χ2v) is 6.79. The van der Waals surface area contributed by atoms with Crippen LogP contribution in [0.15, 0.2) is 29.2 Å². The van der Waals surface area contributed by atoms with Gasteiger partial charge in [0.1, 0.15) is 0 Å². The summed E-state index contributed by atoms with van der Waals surface area (Å²) in [4.78, 5) is 13.8. The van der Waals surface area contributed by atoms with E-state index in [1.54, 1.807) is 36.2 Å². The highest BCUT2D eigenvalue weighted by Crippen LogP contribution is 2.21. The molecule has 0 saturated carbocycles. The molecule has 19 heavy (non-hydrogen) atoms. The molecule has 1 unspecified atom stereocenters. The quantitative estimate of drug-likeness (QED) is 0.834. The van der Waals surface area contributed by atoms with E-state index < -0.39 is 9.84 Å². The van der Waals surface area contributed by atoms with E-state index in [1.165, 1.54) is 6.26 Å². The Labute approximate surface area is 115 Å². The molecule has 0 heterocycles. The van der Waals surface area contributed by atoms with Gasteiger partial charge in [0.25, 0.3) is 0 Å². The number of carbonyl (C=O) groups excluding carboxylic acids is 1. The maximum Gasteiger partial charge on any atom is 0.222 e. The lowest BCUT2D eigenvalue weighted by molar-refractivity contribution is -0.131. The summed E-state index contributed by atoms with van der Waals surface area (Å²) in [6.45, 7) is 3.90. The van der Waals surface area contributed by atoms with Crippen LogP contribution in [0.4, 0.5) is 0 Å². The van der Waals surface area contributed by atoms with Crippen molar-refractivity contribution in [1.82, 2.24) is 4.90 Å². The van der Waals surface area contributed by atoms with Crippen LogP contribution in [0.3, 0.4) is 0 Å². The molecule has 0 aliphatic rings. The van der Waals surface area contributed by atoms with E-state index in [0.29, 0.717) is 11.3 Å². The molecule has 0 saturated heterocycles. The van der Waals surface area contributed by atoms with Crippen LogP contribution in [0.5, 0.6) is 0 Å². The summed E-state index contributed by atoms with van der Waals surface area (Å²) in [6, 6.07) is 6.62.